The summed E-state index contributed by atoms with van der Waals surface area (Å²) in [5, 5.41) is 9.43. The molecule has 0 aliphatic heterocycles. The first-order chi connectivity index (χ1) is 5.57. The Kier molecular flexibility index (Phi) is 2.38. The van der Waals surface area contributed by atoms with Crippen LogP contribution in [0.25, 0.3) is 0 Å². The average molecular weight is 186 g/mol. The summed E-state index contributed by atoms with van der Waals surface area (Å²) in [6.07, 6.45) is 0. The van der Waals surface area contributed by atoms with Crippen molar-refractivity contribution in [3.05, 3.63) is 15.3 Å². The van der Waals surface area contributed by atoms with Gasteiger partial charge in [0, 0.05) is 10.4 Å². The Bertz CT molecular complexity index is 314. The Morgan fingerprint density at radius 3 is 2.42 bits per heavy atom. The fraction of sp³-hybridized carbons (Fsp3) is 0.375. The highest BCUT2D eigenvalue weighted by atomic mass is 32.1. The van der Waals surface area contributed by atoms with E-state index in [0.717, 1.165) is 10.4 Å². The molecule has 0 bridgehead atoms. The van der Waals surface area contributed by atoms with Crippen LogP contribution in [0.15, 0.2) is 0 Å². The van der Waals surface area contributed by atoms with E-state index in [4.69, 9.17) is 0 Å². The molecule has 0 saturated heterocycles. The van der Waals surface area contributed by atoms with Crippen molar-refractivity contribution in [1.82, 2.24) is 0 Å². The maximum absolute atomic E-state index is 11.0. The lowest BCUT2D eigenvalue weighted by molar-refractivity contribution is 0.0603. The van der Waals surface area contributed by atoms with Gasteiger partial charge in [-0.15, -0.1) is 11.3 Å². The van der Waals surface area contributed by atoms with Gasteiger partial charge in [0.1, 0.15) is 5.75 Å². The number of thiophene rings is 1. The molecule has 0 aliphatic rings. The average Bonchev–Trinajstić information content (AvgIpc) is 2.32. The van der Waals surface area contributed by atoms with Gasteiger partial charge in [-0.2, -0.15) is 0 Å². The number of hydrogen-bond acceptors (Lipinski definition) is 4. The van der Waals surface area contributed by atoms with Gasteiger partial charge in [-0.05, 0) is 13.8 Å². The lowest BCUT2D eigenvalue weighted by atomic mass is 10.2. The van der Waals surface area contributed by atoms with Crippen LogP contribution in [0.2, 0.25) is 0 Å². The molecule has 0 atom stereocenters. The molecule has 1 aromatic heterocycles. The summed E-state index contributed by atoms with van der Waals surface area (Å²) >= 11 is 1.25. The summed E-state index contributed by atoms with van der Waals surface area (Å²) in [6, 6.07) is 0. The van der Waals surface area contributed by atoms with E-state index in [9.17, 15) is 9.90 Å². The number of aryl methyl sites for hydroxylation is 1. The van der Waals surface area contributed by atoms with Gasteiger partial charge in [-0.1, -0.05) is 0 Å². The van der Waals surface area contributed by atoms with Gasteiger partial charge in [-0.3, -0.25) is 0 Å². The van der Waals surface area contributed by atoms with Gasteiger partial charge < -0.3 is 9.84 Å². The number of carbonyl (C=O) groups is 1. The molecule has 0 aromatic carbocycles. The summed E-state index contributed by atoms with van der Waals surface area (Å²) in [6.45, 7) is 3.62. The summed E-state index contributed by atoms with van der Waals surface area (Å²) in [5.41, 5.74) is 0.750. The number of methoxy groups -OCH3 is 1. The van der Waals surface area contributed by atoms with Crippen molar-refractivity contribution in [3.63, 3.8) is 0 Å². The quantitative estimate of drug-likeness (QED) is 0.681. The minimum atomic E-state index is -0.478. The third-order valence-corrected chi connectivity index (χ3v) is 2.90. The minimum absolute atomic E-state index is 0.0457. The molecule has 0 unspecified atom stereocenters. The molecule has 1 N–H and O–H groups in total. The molecule has 3 nitrogen and oxygen atoms in total. The number of hydrogen-bond donors (Lipinski definition) is 1. The molecule has 66 valence electrons. The highest BCUT2D eigenvalue weighted by molar-refractivity contribution is 7.14. The van der Waals surface area contributed by atoms with Gasteiger partial charge in [0.05, 0.1) is 7.11 Å². The molecule has 0 saturated carbocycles. The predicted molar refractivity (Wildman–Crippen MR) is 46.8 cm³/mol. The van der Waals surface area contributed by atoms with Crippen molar-refractivity contribution in [3.8, 4) is 5.75 Å². The second-order valence-electron chi connectivity index (χ2n) is 2.45. The normalized spacial score (nSPS) is 9.92. The van der Waals surface area contributed by atoms with Crippen molar-refractivity contribution in [1.29, 1.82) is 0 Å². The largest absolute Gasteiger partial charge is 0.506 e. The zero-order valence-electron chi connectivity index (χ0n) is 7.17. The smallest absolute Gasteiger partial charge is 0.351 e. The molecular weight excluding hydrogens is 176 g/mol. The molecule has 0 amide bonds. The highest BCUT2D eigenvalue weighted by Crippen LogP contribution is 2.33. The van der Waals surface area contributed by atoms with Gasteiger partial charge in [0.2, 0.25) is 0 Å². The summed E-state index contributed by atoms with van der Waals surface area (Å²) in [7, 11) is 1.30. The second-order valence-corrected chi connectivity index (χ2v) is 3.68. The first-order valence-corrected chi connectivity index (χ1v) is 4.26. The molecule has 0 fully saturated rings. The van der Waals surface area contributed by atoms with Crippen molar-refractivity contribution in [2.75, 3.05) is 7.11 Å². The zero-order valence-corrected chi connectivity index (χ0v) is 7.99. The predicted octanol–water partition coefficient (Wildman–Crippen LogP) is 1.86. The highest BCUT2D eigenvalue weighted by Gasteiger charge is 2.18. The maximum atomic E-state index is 11.0. The third-order valence-electron chi connectivity index (χ3n) is 1.72. The van der Waals surface area contributed by atoms with Gasteiger partial charge in [-0.25, -0.2) is 4.79 Å². The van der Waals surface area contributed by atoms with Crippen LogP contribution in [0, 0.1) is 13.8 Å². The second kappa shape index (κ2) is 3.15. The summed E-state index contributed by atoms with van der Waals surface area (Å²) < 4.78 is 4.50. The van der Waals surface area contributed by atoms with Crippen LogP contribution in [0.3, 0.4) is 0 Å². The van der Waals surface area contributed by atoms with Crippen LogP contribution in [0.1, 0.15) is 20.1 Å². The molecule has 0 radical (unpaired) electrons. The summed E-state index contributed by atoms with van der Waals surface area (Å²) in [5.74, 6) is -0.432. The topological polar surface area (TPSA) is 46.5 Å². The van der Waals surface area contributed by atoms with Crippen LogP contribution in [0.5, 0.6) is 5.75 Å². The van der Waals surface area contributed by atoms with E-state index in [1.165, 1.54) is 18.4 Å². The molecular formula is C8H10O3S. The molecule has 0 aliphatic carbocycles. The fourth-order valence-electron chi connectivity index (χ4n) is 0.846. The number of esters is 1. The molecule has 1 heterocycles. The Morgan fingerprint density at radius 1 is 1.50 bits per heavy atom. The monoisotopic (exact) mass is 186 g/mol. The standard InChI is InChI=1S/C8H10O3S/c1-4-5(2)12-7(6(4)9)8(10)11-3/h9H,1-3H3. The van der Waals surface area contributed by atoms with Crippen LogP contribution in [-0.2, 0) is 4.74 Å². The number of carbonyl (C=O) groups excluding carboxylic acids is 1. The first-order valence-electron chi connectivity index (χ1n) is 3.45. The summed E-state index contributed by atoms with van der Waals surface area (Å²) in [4.78, 5) is 12.3. The van der Waals surface area contributed by atoms with E-state index in [-0.39, 0.29) is 10.6 Å². The zero-order chi connectivity index (χ0) is 9.30. The number of ether oxygens (including phenoxy) is 1. The van der Waals surface area contributed by atoms with E-state index in [1.807, 2.05) is 6.92 Å². The SMILES string of the molecule is COC(=O)c1sc(C)c(C)c1O. The number of aromatic hydroxyl groups is 1. The lowest BCUT2D eigenvalue weighted by Gasteiger charge is -1.94. The first kappa shape index (κ1) is 9.06. The lowest BCUT2D eigenvalue weighted by Crippen LogP contribution is -1.97. The Labute approximate surface area is 74.6 Å². The van der Waals surface area contributed by atoms with Crippen LogP contribution in [-0.4, -0.2) is 18.2 Å². The maximum Gasteiger partial charge on any atom is 0.351 e. The van der Waals surface area contributed by atoms with E-state index >= 15 is 0 Å². The Hall–Kier alpha value is -1.03. The van der Waals surface area contributed by atoms with Crippen molar-refractivity contribution < 1.29 is 14.6 Å². The van der Waals surface area contributed by atoms with Crippen molar-refractivity contribution in [2.24, 2.45) is 0 Å². The Morgan fingerprint density at radius 2 is 2.08 bits per heavy atom. The third kappa shape index (κ3) is 1.30. The van der Waals surface area contributed by atoms with Crippen LogP contribution in [0.4, 0.5) is 0 Å². The fourth-order valence-corrected chi connectivity index (χ4v) is 1.82. The van der Waals surface area contributed by atoms with Crippen molar-refractivity contribution in [2.45, 2.75) is 13.8 Å². The molecule has 1 rings (SSSR count). The van der Waals surface area contributed by atoms with Gasteiger partial charge >= 0.3 is 5.97 Å². The van der Waals surface area contributed by atoms with Crippen LogP contribution < -0.4 is 0 Å². The molecule has 12 heavy (non-hydrogen) atoms. The van der Waals surface area contributed by atoms with E-state index in [1.54, 1.807) is 6.92 Å². The van der Waals surface area contributed by atoms with Gasteiger partial charge in [0.15, 0.2) is 4.88 Å². The van der Waals surface area contributed by atoms with E-state index in [0.29, 0.717) is 0 Å². The van der Waals surface area contributed by atoms with Crippen LogP contribution >= 0.6 is 11.3 Å². The van der Waals surface area contributed by atoms with Crippen molar-refractivity contribution >= 4 is 17.3 Å². The molecule has 1 aromatic rings. The molecule has 0 spiro atoms. The van der Waals surface area contributed by atoms with Gasteiger partial charge in [0.25, 0.3) is 0 Å². The number of rotatable bonds is 1. The Balaban J connectivity index is 3.17. The van der Waals surface area contributed by atoms with E-state index in [2.05, 4.69) is 4.74 Å². The van der Waals surface area contributed by atoms with E-state index < -0.39 is 5.97 Å². The minimum Gasteiger partial charge on any atom is -0.506 e. The molecule has 4 heteroatoms.